The fraction of sp³-hybridized carbons (Fsp3) is 0.421. The fourth-order valence-corrected chi connectivity index (χ4v) is 3.26. The van der Waals surface area contributed by atoms with E-state index in [1.54, 1.807) is 6.07 Å². The minimum atomic E-state index is -0.778. The lowest BCUT2D eigenvalue weighted by Gasteiger charge is -2.32. The minimum absolute atomic E-state index is 0.0212. The molecule has 0 bridgehead atoms. The number of carboxylic acids is 1. The highest BCUT2D eigenvalue weighted by Crippen LogP contribution is 2.23. The zero-order valence-electron chi connectivity index (χ0n) is 14.1. The molecule has 2 heterocycles. The molecule has 0 radical (unpaired) electrons. The topological polar surface area (TPSA) is 83.6 Å². The lowest BCUT2D eigenvalue weighted by Crippen LogP contribution is -2.40. The molecule has 132 valence electrons. The molecular formula is C19H22N2O4. The molecular weight excluding hydrogens is 320 g/mol. The van der Waals surface area contributed by atoms with E-state index in [9.17, 15) is 9.59 Å². The van der Waals surface area contributed by atoms with Gasteiger partial charge in [-0.3, -0.25) is 9.59 Å². The summed E-state index contributed by atoms with van der Waals surface area (Å²) < 4.78 is 5.34. The molecule has 1 fully saturated rings. The second-order valence-electron chi connectivity index (χ2n) is 6.51. The van der Waals surface area contributed by atoms with Gasteiger partial charge in [-0.25, -0.2) is 0 Å². The number of benzene rings is 1. The van der Waals surface area contributed by atoms with Gasteiger partial charge in [-0.05, 0) is 25.2 Å². The zero-order chi connectivity index (χ0) is 17.6. The highest BCUT2D eigenvalue weighted by atomic mass is 16.5. The lowest BCUT2D eigenvalue weighted by molar-refractivity contribution is -0.137. The van der Waals surface area contributed by atoms with Crippen LogP contribution in [0.15, 0.2) is 40.9 Å². The summed E-state index contributed by atoms with van der Waals surface area (Å²) in [7, 11) is 0. The van der Waals surface area contributed by atoms with Gasteiger partial charge >= 0.3 is 5.97 Å². The first-order valence-electron chi connectivity index (χ1n) is 8.62. The van der Waals surface area contributed by atoms with Gasteiger partial charge in [0.15, 0.2) is 5.76 Å². The molecule has 25 heavy (non-hydrogen) atoms. The number of carboxylic acid groups (broad SMARTS) is 1. The number of hydrogen-bond donors (Lipinski definition) is 1. The van der Waals surface area contributed by atoms with E-state index in [-0.39, 0.29) is 24.7 Å². The number of amides is 1. The molecule has 1 aliphatic rings. The minimum Gasteiger partial charge on any atom is -0.481 e. The van der Waals surface area contributed by atoms with Crippen molar-refractivity contribution < 1.29 is 19.2 Å². The first kappa shape index (κ1) is 17.2. The van der Waals surface area contributed by atoms with Crippen LogP contribution in [0, 0.1) is 5.92 Å². The van der Waals surface area contributed by atoms with E-state index in [1.807, 2.05) is 35.2 Å². The number of carbonyl (C=O) groups is 2. The Morgan fingerprint density at radius 1 is 1.28 bits per heavy atom. The Morgan fingerprint density at radius 3 is 2.84 bits per heavy atom. The molecule has 1 aromatic heterocycles. The van der Waals surface area contributed by atoms with Crippen LogP contribution >= 0.6 is 0 Å². The second kappa shape index (κ2) is 7.96. The average molecular weight is 342 g/mol. The summed E-state index contributed by atoms with van der Waals surface area (Å²) in [6.45, 7) is 1.36. The lowest BCUT2D eigenvalue weighted by atomic mass is 9.93. The standard InChI is InChI=1S/C19H22N2O4/c22-18(21-10-4-5-14(13-21)8-9-19(23)24)12-16-11-17(25-20-16)15-6-2-1-3-7-15/h1-3,6-7,11,14H,4-5,8-10,12-13H2,(H,23,24)/t14-/m0/s1. The SMILES string of the molecule is O=C(O)CC[C@@H]1CCCN(C(=O)Cc2cc(-c3ccccc3)on2)C1. The fourth-order valence-electron chi connectivity index (χ4n) is 3.26. The molecule has 0 saturated carbocycles. The van der Waals surface area contributed by atoms with Gasteiger partial charge < -0.3 is 14.5 Å². The van der Waals surface area contributed by atoms with Crippen LogP contribution in [0.3, 0.4) is 0 Å². The van der Waals surface area contributed by atoms with E-state index >= 15 is 0 Å². The highest BCUT2D eigenvalue weighted by molar-refractivity contribution is 5.78. The molecule has 1 aliphatic heterocycles. The summed E-state index contributed by atoms with van der Waals surface area (Å²) in [4.78, 5) is 25.1. The largest absolute Gasteiger partial charge is 0.481 e. The van der Waals surface area contributed by atoms with Gasteiger partial charge in [0, 0.05) is 31.1 Å². The number of carbonyl (C=O) groups excluding carboxylic acids is 1. The third-order valence-corrected chi connectivity index (χ3v) is 4.59. The molecule has 1 amide bonds. The van der Waals surface area contributed by atoms with E-state index in [0.717, 1.165) is 24.9 Å². The number of rotatable bonds is 6. The predicted molar refractivity (Wildman–Crippen MR) is 91.8 cm³/mol. The number of aromatic nitrogens is 1. The zero-order valence-corrected chi connectivity index (χ0v) is 14.1. The summed E-state index contributed by atoms with van der Waals surface area (Å²) in [5, 5.41) is 12.8. The van der Waals surface area contributed by atoms with E-state index in [2.05, 4.69) is 5.16 Å². The average Bonchev–Trinajstić information content (AvgIpc) is 3.09. The van der Waals surface area contributed by atoms with Crippen molar-refractivity contribution in [1.29, 1.82) is 0 Å². The molecule has 1 atom stereocenters. The Bertz CT molecular complexity index is 726. The Morgan fingerprint density at radius 2 is 2.08 bits per heavy atom. The Balaban J connectivity index is 1.57. The van der Waals surface area contributed by atoms with Gasteiger partial charge in [0.2, 0.25) is 5.91 Å². The van der Waals surface area contributed by atoms with Gasteiger partial charge in [0.1, 0.15) is 0 Å². The van der Waals surface area contributed by atoms with Gasteiger partial charge in [0.05, 0.1) is 12.1 Å². The smallest absolute Gasteiger partial charge is 0.303 e. The van der Waals surface area contributed by atoms with Crippen LogP contribution in [-0.4, -0.2) is 40.1 Å². The van der Waals surface area contributed by atoms with Crippen molar-refractivity contribution in [3.8, 4) is 11.3 Å². The van der Waals surface area contributed by atoms with E-state index in [4.69, 9.17) is 9.63 Å². The first-order chi connectivity index (χ1) is 12.1. The van der Waals surface area contributed by atoms with Crippen LogP contribution in [0.1, 0.15) is 31.4 Å². The van der Waals surface area contributed by atoms with Crippen LogP contribution in [0.5, 0.6) is 0 Å². The normalized spacial score (nSPS) is 17.4. The summed E-state index contributed by atoms with van der Waals surface area (Å²) in [5.74, 6) is 0.166. The van der Waals surface area contributed by atoms with Crippen molar-refractivity contribution in [3.05, 3.63) is 42.1 Å². The maximum Gasteiger partial charge on any atom is 0.303 e. The molecule has 1 N–H and O–H groups in total. The quantitative estimate of drug-likeness (QED) is 0.872. The molecule has 6 heteroatoms. The molecule has 2 aromatic rings. The van der Waals surface area contributed by atoms with Crippen molar-refractivity contribution in [2.75, 3.05) is 13.1 Å². The molecule has 3 rings (SSSR count). The van der Waals surface area contributed by atoms with Gasteiger partial charge in [-0.2, -0.15) is 0 Å². The molecule has 0 unspecified atom stereocenters. The van der Waals surface area contributed by atoms with Crippen molar-refractivity contribution in [1.82, 2.24) is 10.1 Å². The van der Waals surface area contributed by atoms with Crippen molar-refractivity contribution in [2.24, 2.45) is 5.92 Å². The third kappa shape index (κ3) is 4.68. The maximum absolute atomic E-state index is 12.5. The maximum atomic E-state index is 12.5. The van der Waals surface area contributed by atoms with E-state index < -0.39 is 5.97 Å². The highest BCUT2D eigenvalue weighted by Gasteiger charge is 2.24. The van der Waals surface area contributed by atoms with Gasteiger partial charge in [-0.1, -0.05) is 35.5 Å². The molecule has 1 saturated heterocycles. The Labute approximate surface area is 146 Å². The van der Waals surface area contributed by atoms with Crippen LogP contribution in [-0.2, 0) is 16.0 Å². The Hall–Kier alpha value is -2.63. The third-order valence-electron chi connectivity index (χ3n) is 4.59. The summed E-state index contributed by atoms with van der Waals surface area (Å²) in [6.07, 6.45) is 2.91. The number of nitrogens with zero attached hydrogens (tertiary/aromatic N) is 2. The number of piperidine rings is 1. The molecule has 6 nitrogen and oxygen atoms in total. The first-order valence-corrected chi connectivity index (χ1v) is 8.62. The van der Waals surface area contributed by atoms with Crippen LogP contribution in [0.25, 0.3) is 11.3 Å². The van der Waals surface area contributed by atoms with Crippen LogP contribution in [0.4, 0.5) is 0 Å². The van der Waals surface area contributed by atoms with E-state index in [0.29, 0.717) is 24.4 Å². The van der Waals surface area contributed by atoms with Crippen LogP contribution in [0.2, 0.25) is 0 Å². The monoisotopic (exact) mass is 342 g/mol. The number of likely N-dealkylation sites (tertiary alicyclic amines) is 1. The van der Waals surface area contributed by atoms with Crippen molar-refractivity contribution in [2.45, 2.75) is 32.1 Å². The number of aliphatic carboxylic acids is 1. The predicted octanol–water partition coefficient (Wildman–Crippen LogP) is 2.99. The summed E-state index contributed by atoms with van der Waals surface area (Å²) in [6, 6.07) is 11.5. The molecule has 0 spiro atoms. The van der Waals surface area contributed by atoms with Gasteiger partial charge in [0.25, 0.3) is 0 Å². The van der Waals surface area contributed by atoms with Crippen molar-refractivity contribution >= 4 is 11.9 Å². The van der Waals surface area contributed by atoms with Crippen LogP contribution < -0.4 is 0 Å². The van der Waals surface area contributed by atoms with Gasteiger partial charge in [-0.15, -0.1) is 0 Å². The summed E-state index contributed by atoms with van der Waals surface area (Å²) in [5.41, 5.74) is 1.55. The summed E-state index contributed by atoms with van der Waals surface area (Å²) >= 11 is 0. The number of hydrogen-bond acceptors (Lipinski definition) is 4. The van der Waals surface area contributed by atoms with Crippen molar-refractivity contribution in [3.63, 3.8) is 0 Å². The molecule has 0 aliphatic carbocycles. The second-order valence-corrected chi connectivity index (χ2v) is 6.51. The Kier molecular flexibility index (Phi) is 5.48. The van der Waals surface area contributed by atoms with E-state index in [1.165, 1.54) is 0 Å². The molecule has 1 aromatic carbocycles.